The van der Waals surface area contributed by atoms with Crippen molar-refractivity contribution in [3.05, 3.63) is 95.1 Å². The molecule has 1 aliphatic rings. The summed E-state index contributed by atoms with van der Waals surface area (Å²) >= 11 is 1.49. The van der Waals surface area contributed by atoms with Crippen LogP contribution >= 0.6 is 11.8 Å². The number of aromatic hydroxyl groups is 1. The van der Waals surface area contributed by atoms with Gasteiger partial charge in [-0.1, -0.05) is 67.2 Å². The van der Waals surface area contributed by atoms with Crippen LogP contribution in [0.1, 0.15) is 48.5 Å². The molecule has 3 aromatic carbocycles. The standard InChI is InChI=1S/C29H31N5O5S/c1-18-26(17-40-29-31-32-33-34(29)24-11-13-25(37)14-12-24)38-28(23-9-3-20(4-10-23)15-30-19(2)36)39-27(18)22-7-5-21(16-35)6-8-22/h3-14,18,26-28,35,37H,15-17H2,1-2H3,(H,30,36)/t18-,26+,27+,28+/m0/s1. The first-order chi connectivity index (χ1) is 19.4. The molecule has 0 spiro atoms. The predicted molar refractivity (Wildman–Crippen MR) is 148 cm³/mol. The number of nitrogens with zero attached hydrogens (tertiary/aromatic N) is 4. The van der Waals surface area contributed by atoms with Gasteiger partial charge in [0.2, 0.25) is 11.1 Å². The van der Waals surface area contributed by atoms with E-state index in [0.29, 0.717) is 17.5 Å². The normalized spacial score (nSPS) is 20.8. The third-order valence-corrected chi connectivity index (χ3v) is 7.84. The van der Waals surface area contributed by atoms with E-state index in [-0.39, 0.29) is 36.4 Å². The number of benzene rings is 3. The molecule has 5 rings (SSSR count). The number of nitrogens with one attached hydrogen (secondary N) is 1. The van der Waals surface area contributed by atoms with Gasteiger partial charge in [-0.3, -0.25) is 4.79 Å². The highest BCUT2D eigenvalue weighted by Crippen LogP contribution is 2.43. The molecule has 1 saturated heterocycles. The average molecular weight is 562 g/mol. The fourth-order valence-electron chi connectivity index (χ4n) is 4.51. The molecular weight excluding hydrogens is 530 g/mol. The molecule has 1 aliphatic heterocycles. The number of amides is 1. The Labute approximate surface area is 236 Å². The van der Waals surface area contributed by atoms with E-state index in [1.165, 1.54) is 18.7 Å². The fourth-order valence-corrected chi connectivity index (χ4v) is 5.56. The van der Waals surface area contributed by atoms with Crippen LogP contribution in [-0.4, -0.2) is 48.2 Å². The molecule has 4 atom stereocenters. The number of tetrazole rings is 1. The summed E-state index contributed by atoms with van der Waals surface area (Å²) in [6.07, 6.45) is -1.05. The van der Waals surface area contributed by atoms with Crippen molar-refractivity contribution in [2.45, 2.75) is 50.7 Å². The highest BCUT2D eigenvalue weighted by Gasteiger charge is 2.38. The van der Waals surface area contributed by atoms with E-state index in [9.17, 15) is 15.0 Å². The largest absolute Gasteiger partial charge is 0.508 e. The second-order valence-corrected chi connectivity index (χ2v) is 10.7. The molecule has 3 N–H and O–H groups in total. The summed E-state index contributed by atoms with van der Waals surface area (Å²) in [6.45, 7) is 4.03. The van der Waals surface area contributed by atoms with E-state index in [4.69, 9.17) is 9.47 Å². The Morgan fingerprint density at radius 2 is 1.65 bits per heavy atom. The minimum absolute atomic E-state index is 0.000712. The van der Waals surface area contributed by atoms with Crippen LogP contribution in [0.5, 0.6) is 5.75 Å². The molecule has 2 heterocycles. The lowest BCUT2D eigenvalue weighted by molar-refractivity contribution is -0.268. The van der Waals surface area contributed by atoms with Crippen LogP contribution in [0.15, 0.2) is 78.0 Å². The summed E-state index contributed by atoms with van der Waals surface area (Å²) in [5, 5.41) is 34.7. The third-order valence-electron chi connectivity index (χ3n) is 6.83. The Hall–Kier alpha value is -3.77. The van der Waals surface area contributed by atoms with Crippen LogP contribution in [0.4, 0.5) is 0 Å². The molecule has 0 aliphatic carbocycles. The van der Waals surface area contributed by atoms with Gasteiger partial charge in [-0.05, 0) is 51.4 Å². The van der Waals surface area contributed by atoms with Gasteiger partial charge in [0, 0.05) is 30.7 Å². The van der Waals surface area contributed by atoms with Crippen LogP contribution in [0, 0.1) is 5.92 Å². The Bertz CT molecular complexity index is 1410. The number of rotatable bonds is 9. The van der Waals surface area contributed by atoms with Crippen molar-refractivity contribution in [2.75, 3.05) is 5.75 Å². The number of aliphatic hydroxyl groups is 1. The Morgan fingerprint density at radius 1 is 0.975 bits per heavy atom. The number of aliphatic hydroxyl groups excluding tert-OH is 1. The van der Waals surface area contributed by atoms with Gasteiger partial charge in [-0.15, -0.1) is 5.10 Å². The van der Waals surface area contributed by atoms with Gasteiger partial charge in [0.1, 0.15) is 5.75 Å². The monoisotopic (exact) mass is 561 g/mol. The Morgan fingerprint density at radius 3 is 2.33 bits per heavy atom. The highest BCUT2D eigenvalue weighted by atomic mass is 32.2. The molecule has 11 heteroatoms. The number of hydrogen-bond acceptors (Lipinski definition) is 9. The number of aromatic nitrogens is 4. The van der Waals surface area contributed by atoms with Gasteiger partial charge in [-0.2, -0.15) is 4.68 Å². The van der Waals surface area contributed by atoms with E-state index in [0.717, 1.165) is 27.9 Å². The summed E-state index contributed by atoms with van der Waals surface area (Å²) in [5.74, 6) is 0.665. The SMILES string of the molecule is CC(=O)NCc1ccc([C@@H]2O[C@H](CSc3nnnn3-c3ccc(O)cc3)[C@H](C)[C@H](c3ccc(CO)cc3)O2)cc1. The van der Waals surface area contributed by atoms with Crippen LogP contribution in [0.25, 0.3) is 5.69 Å². The average Bonchev–Trinajstić information content (AvgIpc) is 3.45. The van der Waals surface area contributed by atoms with Crippen LogP contribution in [0.2, 0.25) is 0 Å². The minimum atomic E-state index is -0.604. The van der Waals surface area contributed by atoms with Gasteiger partial charge in [0.25, 0.3) is 0 Å². The van der Waals surface area contributed by atoms with E-state index in [2.05, 4.69) is 27.8 Å². The topological polar surface area (TPSA) is 132 Å². The molecule has 1 fully saturated rings. The molecule has 0 bridgehead atoms. The van der Waals surface area contributed by atoms with E-state index >= 15 is 0 Å². The molecular formula is C29H31N5O5S. The van der Waals surface area contributed by atoms with Gasteiger partial charge < -0.3 is 25.0 Å². The van der Waals surface area contributed by atoms with Crippen molar-refractivity contribution in [3.8, 4) is 11.4 Å². The van der Waals surface area contributed by atoms with Crippen LogP contribution < -0.4 is 5.32 Å². The summed E-state index contributed by atoms with van der Waals surface area (Å²) in [5.41, 5.74) is 4.43. The molecule has 40 heavy (non-hydrogen) atoms. The number of ether oxygens (including phenoxy) is 2. The first kappa shape index (κ1) is 27.8. The van der Waals surface area contributed by atoms with Gasteiger partial charge in [0.15, 0.2) is 6.29 Å². The second kappa shape index (κ2) is 12.6. The molecule has 208 valence electrons. The van der Waals surface area contributed by atoms with Gasteiger partial charge in [0.05, 0.1) is 24.5 Å². The first-order valence-electron chi connectivity index (χ1n) is 13.0. The van der Waals surface area contributed by atoms with Gasteiger partial charge >= 0.3 is 0 Å². The molecule has 10 nitrogen and oxygen atoms in total. The van der Waals surface area contributed by atoms with Crippen molar-refractivity contribution in [1.82, 2.24) is 25.5 Å². The molecule has 0 saturated carbocycles. The number of phenolic OH excluding ortho intramolecular Hbond substituents is 1. The van der Waals surface area contributed by atoms with Gasteiger partial charge in [-0.25, -0.2) is 0 Å². The lowest BCUT2D eigenvalue weighted by Gasteiger charge is -2.41. The van der Waals surface area contributed by atoms with E-state index in [1.807, 2.05) is 48.5 Å². The Balaban J connectivity index is 1.37. The van der Waals surface area contributed by atoms with E-state index < -0.39 is 6.29 Å². The first-order valence-corrected chi connectivity index (χ1v) is 13.9. The third kappa shape index (κ3) is 6.50. The van der Waals surface area contributed by atoms with Crippen molar-refractivity contribution in [3.63, 3.8) is 0 Å². The molecule has 0 radical (unpaired) electrons. The molecule has 4 aromatic rings. The zero-order valence-electron chi connectivity index (χ0n) is 22.2. The second-order valence-electron chi connectivity index (χ2n) is 9.67. The number of hydrogen-bond donors (Lipinski definition) is 3. The number of carbonyl (C=O) groups is 1. The quantitative estimate of drug-likeness (QED) is 0.259. The van der Waals surface area contributed by atoms with Crippen LogP contribution in [-0.2, 0) is 27.4 Å². The zero-order chi connectivity index (χ0) is 28.1. The molecule has 0 unspecified atom stereocenters. The molecule has 1 amide bonds. The van der Waals surface area contributed by atoms with Crippen molar-refractivity contribution in [2.24, 2.45) is 5.92 Å². The van der Waals surface area contributed by atoms with Crippen LogP contribution in [0.3, 0.4) is 0 Å². The zero-order valence-corrected chi connectivity index (χ0v) is 23.0. The van der Waals surface area contributed by atoms with Crippen molar-refractivity contribution < 1.29 is 24.5 Å². The maximum Gasteiger partial charge on any atom is 0.217 e. The summed E-state index contributed by atoms with van der Waals surface area (Å²) < 4.78 is 14.7. The lowest BCUT2D eigenvalue weighted by Crippen LogP contribution is -2.38. The number of phenols is 1. The number of thioether (sulfide) groups is 1. The van der Waals surface area contributed by atoms with E-state index in [1.54, 1.807) is 28.9 Å². The smallest absolute Gasteiger partial charge is 0.217 e. The number of carbonyl (C=O) groups excluding carboxylic acids is 1. The summed E-state index contributed by atoms with van der Waals surface area (Å²) in [6, 6.07) is 22.3. The summed E-state index contributed by atoms with van der Waals surface area (Å²) in [4.78, 5) is 11.3. The fraction of sp³-hybridized carbons (Fsp3) is 0.310. The molecule has 1 aromatic heterocycles. The predicted octanol–water partition coefficient (Wildman–Crippen LogP) is 4.08. The lowest BCUT2D eigenvalue weighted by atomic mass is 9.91. The Kier molecular flexibility index (Phi) is 8.75. The minimum Gasteiger partial charge on any atom is -0.508 e. The van der Waals surface area contributed by atoms with Crippen molar-refractivity contribution in [1.29, 1.82) is 0 Å². The maximum absolute atomic E-state index is 11.3. The highest BCUT2D eigenvalue weighted by molar-refractivity contribution is 7.99. The summed E-state index contributed by atoms with van der Waals surface area (Å²) in [7, 11) is 0. The maximum atomic E-state index is 11.3. The van der Waals surface area contributed by atoms with Crippen molar-refractivity contribution >= 4 is 17.7 Å².